The molecule has 2 aromatic rings. The van der Waals surface area contributed by atoms with Crippen LogP contribution in [0.15, 0.2) is 42.5 Å². The first kappa shape index (κ1) is 23.2. The number of benzene rings is 2. The number of rotatable bonds is 8. The third-order valence-electron chi connectivity index (χ3n) is 4.46. The summed E-state index contributed by atoms with van der Waals surface area (Å²) in [6.45, 7) is 6.39. The average Bonchev–Trinajstić information content (AvgIpc) is 2.67. The Bertz CT molecular complexity index is 856. The minimum Gasteiger partial charge on any atom is -0.354 e. The largest absolute Gasteiger partial charge is 0.354 e. The van der Waals surface area contributed by atoms with Gasteiger partial charge in [0.1, 0.15) is 11.9 Å². The summed E-state index contributed by atoms with van der Waals surface area (Å²) >= 11 is 12.0. The van der Waals surface area contributed by atoms with Crippen molar-refractivity contribution in [2.75, 3.05) is 6.54 Å². The van der Waals surface area contributed by atoms with Gasteiger partial charge in [0.05, 0.1) is 16.5 Å². The van der Waals surface area contributed by atoms with Crippen molar-refractivity contribution in [2.45, 2.75) is 39.8 Å². The standard InChI is InChI=1S/C22H25Cl2FN2O2/c1-14(2)12-26-22(29)15(3)27(13-16-4-7-18(25)8-5-16)21(28)11-17-6-9-19(23)20(24)10-17/h4-10,14-15H,11-13H2,1-3H3,(H,26,29)/t15-/m0/s1. The lowest BCUT2D eigenvalue weighted by Gasteiger charge is -2.29. The maximum absolute atomic E-state index is 13.2. The Balaban J connectivity index is 2.21. The molecule has 0 aliphatic carbocycles. The Morgan fingerprint density at radius 3 is 2.21 bits per heavy atom. The molecule has 0 unspecified atom stereocenters. The molecule has 4 nitrogen and oxygen atoms in total. The first-order chi connectivity index (χ1) is 13.7. The van der Waals surface area contributed by atoms with Gasteiger partial charge in [0, 0.05) is 13.1 Å². The molecule has 0 bridgehead atoms. The minimum atomic E-state index is -0.686. The molecule has 1 N–H and O–H groups in total. The summed E-state index contributed by atoms with van der Waals surface area (Å²) in [6.07, 6.45) is 0.0693. The van der Waals surface area contributed by atoms with Gasteiger partial charge in [0.15, 0.2) is 0 Å². The Hall–Kier alpha value is -2.11. The highest BCUT2D eigenvalue weighted by Gasteiger charge is 2.26. The van der Waals surface area contributed by atoms with Crippen molar-refractivity contribution in [1.29, 1.82) is 0 Å². The minimum absolute atomic E-state index is 0.0693. The SMILES string of the molecule is CC(C)CNC(=O)[C@H](C)N(Cc1ccc(F)cc1)C(=O)Cc1ccc(Cl)c(Cl)c1. The molecule has 29 heavy (non-hydrogen) atoms. The van der Waals surface area contributed by atoms with Gasteiger partial charge in [-0.15, -0.1) is 0 Å². The highest BCUT2D eigenvalue weighted by molar-refractivity contribution is 6.42. The Morgan fingerprint density at radius 1 is 1.00 bits per heavy atom. The summed E-state index contributed by atoms with van der Waals surface area (Å²) in [5.74, 6) is -0.531. The van der Waals surface area contributed by atoms with Crippen LogP contribution in [0.5, 0.6) is 0 Å². The quantitative estimate of drug-likeness (QED) is 0.639. The number of halogens is 3. The van der Waals surface area contributed by atoms with E-state index in [1.165, 1.54) is 17.0 Å². The molecule has 0 saturated carbocycles. The van der Waals surface area contributed by atoms with Crippen molar-refractivity contribution in [2.24, 2.45) is 5.92 Å². The molecular weight excluding hydrogens is 414 g/mol. The van der Waals surface area contributed by atoms with Gasteiger partial charge >= 0.3 is 0 Å². The lowest BCUT2D eigenvalue weighted by atomic mass is 10.1. The van der Waals surface area contributed by atoms with Crippen LogP contribution in [0.1, 0.15) is 31.9 Å². The van der Waals surface area contributed by atoms with Crippen LogP contribution in [0.2, 0.25) is 10.0 Å². The number of carbonyl (C=O) groups is 2. The first-order valence-corrected chi connectivity index (χ1v) is 10.2. The lowest BCUT2D eigenvalue weighted by Crippen LogP contribution is -2.48. The molecule has 7 heteroatoms. The summed E-state index contributed by atoms with van der Waals surface area (Å²) in [5, 5.41) is 3.64. The zero-order valence-corrected chi connectivity index (χ0v) is 18.2. The Labute approximate surface area is 181 Å². The topological polar surface area (TPSA) is 49.4 Å². The highest BCUT2D eigenvalue weighted by atomic mass is 35.5. The van der Waals surface area contributed by atoms with Crippen molar-refractivity contribution < 1.29 is 14.0 Å². The van der Waals surface area contributed by atoms with E-state index in [9.17, 15) is 14.0 Å². The molecular formula is C22H25Cl2FN2O2. The van der Waals surface area contributed by atoms with Gasteiger partial charge in [0.2, 0.25) is 11.8 Å². The number of amides is 2. The van der Waals surface area contributed by atoms with Crippen LogP contribution in [-0.4, -0.2) is 29.3 Å². The van der Waals surface area contributed by atoms with E-state index in [-0.39, 0.29) is 30.6 Å². The van der Waals surface area contributed by atoms with Gasteiger partial charge in [0.25, 0.3) is 0 Å². The zero-order chi connectivity index (χ0) is 21.6. The second-order valence-corrected chi connectivity index (χ2v) is 8.20. The van der Waals surface area contributed by atoms with E-state index in [0.717, 1.165) is 5.56 Å². The van der Waals surface area contributed by atoms with E-state index in [4.69, 9.17) is 23.2 Å². The van der Waals surface area contributed by atoms with E-state index < -0.39 is 6.04 Å². The van der Waals surface area contributed by atoms with E-state index in [2.05, 4.69) is 5.32 Å². The zero-order valence-electron chi connectivity index (χ0n) is 16.7. The lowest BCUT2D eigenvalue weighted by molar-refractivity contribution is -0.140. The van der Waals surface area contributed by atoms with Gasteiger partial charge in [-0.25, -0.2) is 4.39 Å². The van der Waals surface area contributed by atoms with Gasteiger partial charge in [-0.1, -0.05) is 55.2 Å². The molecule has 156 valence electrons. The second-order valence-electron chi connectivity index (χ2n) is 7.39. The van der Waals surface area contributed by atoms with Crippen LogP contribution in [0.4, 0.5) is 4.39 Å². The second kappa shape index (κ2) is 10.6. The third-order valence-corrected chi connectivity index (χ3v) is 5.20. The summed E-state index contributed by atoms with van der Waals surface area (Å²) in [6, 6.07) is 10.2. The highest BCUT2D eigenvalue weighted by Crippen LogP contribution is 2.23. The number of hydrogen-bond donors (Lipinski definition) is 1. The number of nitrogens with zero attached hydrogens (tertiary/aromatic N) is 1. The molecule has 0 saturated heterocycles. The van der Waals surface area contributed by atoms with Crippen molar-refractivity contribution in [1.82, 2.24) is 10.2 Å². The van der Waals surface area contributed by atoms with E-state index in [0.29, 0.717) is 28.1 Å². The molecule has 0 aliphatic heterocycles. The maximum Gasteiger partial charge on any atom is 0.242 e. The fourth-order valence-corrected chi connectivity index (χ4v) is 3.07. The Kier molecular flexibility index (Phi) is 8.47. The summed E-state index contributed by atoms with van der Waals surface area (Å²) < 4.78 is 13.2. The summed E-state index contributed by atoms with van der Waals surface area (Å²) in [4.78, 5) is 27.1. The molecule has 1 atom stereocenters. The number of carbonyl (C=O) groups excluding carboxylic acids is 2. The molecule has 0 aromatic heterocycles. The molecule has 0 spiro atoms. The molecule has 2 rings (SSSR count). The summed E-state index contributed by atoms with van der Waals surface area (Å²) in [7, 11) is 0. The predicted molar refractivity (Wildman–Crippen MR) is 114 cm³/mol. The molecule has 0 heterocycles. The average molecular weight is 439 g/mol. The molecule has 2 amide bonds. The number of nitrogens with one attached hydrogen (secondary N) is 1. The van der Waals surface area contributed by atoms with Crippen LogP contribution in [0, 0.1) is 11.7 Å². The summed E-state index contributed by atoms with van der Waals surface area (Å²) in [5.41, 5.74) is 1.43. The van der Waals surface area contributed by atoms with Gasteiger partial charge < -0.3 is 10.2 Å². The van der Waals surface area contributed by atoms with Crippen molar-refractivity contribution in [3.8, 4) is 0 Å². The van der Waals surface area contributed by atoms with Gasteiger partial charge in [-0.2, -0.15) is 0 Å². The van der Waals surface area contributed by atoms with Crippen molar-refractivity contribution in [3.63, 3.8) is 0 Å². The third kappa shape index (κ3) is 7.02. The van der Waals surface area contributed by atoms with Crippen molar-refractivity contribution >= 4 is 35.0 Å². The molecule has 0 radical (unpaired) electrons. The van der Waals surface area contributed by atoms with Gasteiger partial charge in [-0.3, -0.25) is 9.59 Å². The molecule has 0 aliphatic rings. The van der Waals surface area contributed by atoms with E-state index >= 15 is 0 Å². The van der Waals surface area contributed by atoms with Crippen LogP contribution in [-0.2, 0) is 22.6 Å². The van der Waals surface area contributed by atoms with Crippen LogP contribution in [0.25, 0.3) is 0 Å². The predicted octanol–water partition coefficient (Wildman–Crippen LogP) is 4.86. The number of hydrogen-bond acceptors (Lipinski definition) is 2. The van der Waals surface area contributed by atoms with Crippen molar-refractivity contribution in [3.05, 3.63) is 69.5 Å². The fourth-order valence-electron chi connectivity index (χ4n) is 2.75. The van der Waals surface area contributed by atoms with E-state index in [1.807, 2.05) is 13.8 Å². The monoisotopic (exact) mass is 438 g/mol. The van der Waals surface area contributed by atoms with E-state index in [1.54, 1.807) is 37.3 Å². The molecule has 0 fully saturated rings. The van der Waals surface area contributed by atoms with Crippen LogP contribution < -0.4 is 5.32 Å². The molecule has 2 aromatic carbocycles. The van der Waals surface area contributed by atoms with Gasteiger partial charge in [-0.05, 0) is 48.2 Å². The smallest absolute Gasteiger partial charge is 0.242 e. The maximum atomic E-state index is 13.2. The van der Waals surface area contributed by atoms with Crippen LogP contribution in [0.3, 0.4) is 0 Å². The van der Waals surface area contributed by atoms with Crippen LogP contribution >= 0.6 is 23.2 Å². The first-order valence-electron chi connectivity index (χ1n) is 9.43. The normalized spacial score (nSPS) is 12.0. The Morgan fingerprint density at radius 2 is 1.62 bits per heavy atom. The fraction of sp³-hybridized carbons (Fsp3) is 0.364.